The minimum Gasteiger partial charge on any atom is -0.462 e. The molecule has 18 N–H and O–H groups in total. The minimum absolute atomic E-state index is 0.201. The van der Waals surface area contributed by atoms with Crippen LogP contribution in [0.4, 0.5) is 0 Å². The van der Waals surface area contributed by atoms with Gasteiger partial charge in [-0.3, -0.25) is 0 Å². The molecule has 6 aromatic rings. The summed E-state index contributed by atoms with van der Waals surface area (Å²) in [5.41, 5.74) is 9.60. The third kappa shape index (κ3) is 12.9. The van der Waals surface area contributed by atoms with Crippen molar-refractivity contribution in [3.8, 4) is 67.5 Å². The number of H-pyrrole nitrogens is 2. The number of nitrogens with one attached hydrogen (secondary N) is 2. The molecular formula is C68H72N4O24. The largest absolute Gasteiger partial charge is 0.462 e. The zero-order valence-corrected chi connectivity index (χ0v) is 50.8. The maximum absolute atomic E-state index is 10.9. The predicted octanol–water partition coefficient (Wildman–Crippen LogP) is -0.454. The molecule has 13 rings (SSSR count). The van der Waals surface area contributed by atoms with Gasteiger partial charge < -0.3 is 130 Å². The highest BCUT2D eigenvalue weighted by Crippen LogP contribution is 2.42. The zero-order chi connectivity index (χ0) is 67.4. The van der Waals surface area contributed by atoms with Crippen LogP contribution in [0.2, 0.25) is 0 Å². The molecule has 7 aliphatic heterocycles. The van der Waals surface area contributed by atoms with E-state index < -0.39 is 149 Å². The Morgan fingerprint density at radius 2 is 0.542 bits per heavy atom. The number of aryl methyl sites for hydroxylation is 2. The first-order valence-electron chi connectivity index (χ1n) is 31.1. The predicted molar refractivity (Wildman–Crippen MR) is 337 cm³/mol. The van der Waals surface area contributed by atoms with Crippen LogP contribution in [0.5, 0.6) is 23.0 Å². The van der Waals surface area contributed by atoms with E-state index in [-0.39, 0.29) is 23.0 Å². The summed E-state index contributed by atoms with van der Waals surface area (Å²) in [6.45, 7) is -2.63. The van der Waals surface area contributed by atoms with E-state index in [1.165, 1.54) is 0 Å². The smallest absolute Gasteiger partial charge is 0.229 e. The Kier molecular flexibility index (Phi) is 19.4. The van der Waals surface area contributed by atoms with Crippen molar-refractivity contribution in [1.82, 2.24) is 19.9 Å². The van der Waals surface area contributed by atoms with Gasteiger partial charge in [0.25, 0.3) is 0 Å². The first-order chi connectivity index (χ1) is 46.3. The van der Waals surface area contributed by atoms with Gasteiger partial charge in [-0.05, 0) is 120 Å². The maximum Gasteiger partial charge on any atom is 0.229 e. The molecule has 28 nitrogen and oxygen atoms in total. The van der Waals surface area contributed by atoms with E-state index in [9.17, 15) is 81.7 Å². The number of benzene rings is 4. The highest BCUT2D eigenvalue weighted by molar-refractivity contribution is 5.97. The summed E-state index contributed by atoms with van der Waals surface area (Å²) in [5.74, 6) is 0.824. The fourth-order valence-corrected chi connectivity index (χ4v) is 12.7. The molecule has 4 fully saturated rings. The van der Waals surface area contributed by atoms with E-state index in [0.717, 1.165) is 11.4 Å². The van der Waals surface area contributed by atoms with Crippen LogP contribution < -0.4 is 18.9 Å². The topological polar surface area (TPSA) is 455 Å². The average molecular weight is 1330 g/mol. The summed E-state index contributed by atoms with van der Waals surface area (Å²) in [6, 6.07) is 30.9. The molecule has 2 aromatic heterocycles. The molecule has 7 aliphatic rings. The molecule has 4 aromatic carbocycles. The molecule has 0 saturated carbocycles. The number of nitrogens with zero attached hydrogens (tertiary/aromatic N) is 2. The Bertz CT molecular complexity index is 3760. The Morgan fingerprint density at radius 3 is 0.792 bits per heavy atom. The van der Waals surface area contributed by atoms with Crippen molar-refractivity contribution in [3.63, 3.8) is 0 Å². The summed E-state index contributed by atoms with van der Waals surface area (Å²) in [7, 11) is 0. The number of aromatic amines is 2. The van der Waals surface area contributed by atoms with E-state index in [0.29, 0.717) is 91.2 Å². The van der Waals surface area contributed by atoms with Crippen LogP contribution in [-0.2, 0) is 31.8 Å². The molecule has 0 aliphatic carbocycles. The number of aliphatic hydroxyl groups is 16. The fraction of sp³-hybridized carbons (Fsp3) is 0.382. The molecule has 8 bridgehead atoms. The van der Waals surface area contributed by atoms with Crippen LogP contribution in [-0.4, -0.2) is 251 Å². The lowest BCUT2D eigenvalue weighted by molar-refractivity contribution is -0.277. The number of aliphatic hydroxyl groups excluding tert-OH is 16. The van der Waals surface area contributed by atoms with Crippen LogP contribution in [0.3, 0.4) is 0 Å². The Hall–Kier alpha value is -7.86. The lowest BCUT2D eigenvalue weighted by Gasteiger charge is -2.39. The van der Waals surface area contributed by atoms with Crippen LogP contribution in [0.15, 0.2) is 109 Å². The van der Waals surface area contributed by atoms with E-state index in [1.54, 1.807) is 97.1 Å². The monoisotopic (exact) mass is 1330 g/mol. The second kappa shape index (κ2) is 27.9. The maximum atomic E-state index is 10.9. The number of ether oxygens (including phenoxy) is 8. The molecule has 4 saturated heterocycles. The summed E-state index contributed by atoms with van der Waals surface area (Å²) in [6.07, 6.45) is -22.3. The number of hydrogen-bond acceptors (Lipinski definition) is 26. The first-order valence-corrected chi connectivity index (χ1v) is 31.1. The lowest BCUT2D eigenvalue weighted by atomic mass is 9.98. The minimum atomic E-state index is -1.68. The van der Waals surface area contributed by atoms with Crippen molar-refractivity contribution < 1.29 is 120 Å². The third-order valence-corrected chi connectivity index (χ3v) is 18.0. The van der Waals surface area contributed by atoms with Gasteiger partial charge in [0.15, 0.2) is 0 Å². The second-order valence-electron chi connectivity index (χ2n) is 24.2. The van der Waals surface area contributed by atoms with Gasteiger partial charge in [0.1, 0.15) is 121 Å². The van der Waals surface area contributed by atoms with Gasteiger partial charge in [-0.25, -0.2) is 9.97 Å². The average Bonchev–Trinajstić information content (AvgIpc) is 1.66. The lowest BCUT2D eigenvalue weighted by Crippen LogP contribution is -2.60. The highest BCUT2D eigenvalue weighted by atomic mass is 16.7. The molecule has 508 valence electrons. The normalized spacial score (nSPS) is 31.6. The van der Waals surface area contributed by atoms with Crippen LogP contribution in [0, 0.1) is 0 Å². The standard InChI is InChI=1S/C68H72N4O24/c73-25-45-53(77)57(81)61(85)65(93-45)89-33-9-1-29(2-10-33)49-37-17-19-39(69-37)50(30-3-11-34(12-4-30)90-66-62(86)58(82)54(78)46(26-74)94-66)41-21-23-43(71-41)52(32-7-15-36(16-8-32)92-68-64(88)60(84)56(80)48(28-76)96-68)44-24-22-42(72-44)51(40-20-18-38(49)70-40)31-5-13-35(14-6-31)91-67-63(87)59(83)55(79)47(27-75)95-67/h1-21,23,45-48,53-69,72-88H,22,24-28H2/t45-,46-,47-,48-,53-,54-,55-,56-,57+,58+,59+,60+,61-,62-,63-,64-,65?,66?,67?,68?/m1/s1. The second-order valence-corrected chi connectivity index (χ2v) is 24.2. The van der Waals surface area contributed by atoms with Gasteiger partial charge in [-0.15, -0.1) is 0 Å². The van der Waals surface area contributed by atoms with Gasteiger partial charge in [0.2, 0.25) is 25.2 Å². The number of hydrogen-bond donors (Lipinski definition) is 18. The summed E-state index contributed by atoms with van der Waals surface area (Å²) >= 11 is 0. The Morgan fingerprint density at radius 1 is 0.302 bits per heavy atom. The third-order valence-electron chi connectivity index (χ3n) is 18.0. The van der Waals surface area contributed by atoms with Crippen molar-refractivity contribution in [2.24, 2.45) is 0 Å². The van der Waals surface area contributed by atoms with Gasteiger partial charge in [-0.2, -0.15) is 0 Å². The van der Waals surface area contributed by atoms with Crippen molar-refractivity contribution in [1.29, 1.82) is 0 Å². The summed E-state index contributed by atoms with van der Waals surface area (Å²) in [4.78, 5) is 18.1. The summed E-state index contributed by atoms with van der Waals surface area (Å²) < 4.78 is 46.6. The van der Waals surface area contributed by atoms with Crippen molar-refractivity contribution >= 4 is 35.3 Å². The van der Waals surface area contributed by atoms with Crippen molar-refractivity contribution in [3.05, 3.63) is 143 Å². The Balaban J connectivity index is 0.978. The molecule has 96 heavy (non-hydrogen) atoms. The number of rotatable bonds is 16. The van der Waals surface area contributed by atoms with E-state index in [4.69, 9.17) is 47.9 Å². The van der Waals surface area contributed by atoms with E-state index in [2.05, 4.69) is 9.97 Å². The van der Waals surface area contributed by atoms with Gasteiger partial charge in [-0.1, -0.05) is 48.5 Å². The number of aromatic nitrogens is 4. The molecular weight excluding hydrogens is 1260 g/mol. The van der Waals surface area contributed by atoms with Crippen LogP contribution in [0.25, 0.3) is 79.8 Å². The van der Waals surface area contributed by atoms with Crippen LogP contribution in [0.1, 0.15) is 34.2 Å². The molecule has 20 atom stereocenters. The molecule has 4 unspecified atom stereocenters. The van der Waals surface area contributed by atoms with Crippen molar-refractivity contribution in [2.75, 3.05) is 26.4 Å². The molecule has 9 heterocycles. The molecule has 0 radical (unpaired) electrons. The SMILES string of the molecule is OC[C@H]1OC(Oc2ccc(-c3c4nc(c(-c5ccc(OC6O[C@H](CO)[C@@H](O)[C@H](O)[C@H]6O)cc5)c5ccc([nH]5)c(-c5ccc(OC6O[C@H](CO)[C@@H](O)[C@H](O)[C@H]6O)cc5)c5nc(c(-c6ccc(OC7O[C@H](CO)[C@@H](O)[C@H](O)[C@H]7O)cc6)c6[nH]c3CC6)C=C5)C=C4)cc2)[C@H](O)[C@@H](O)[C@@H]1O. The quantitative estimate of drug-likeness (QED) is 0.0582. The first kappa shape index (κ1) is 66.7. The fourth-order valence-electron chi connectivity index (χ4n) is 12.7. The molecule has 0 amide bonds. The van der Waals surface area contributed by atoms with Gasteiger partial charge >= 0.3 is 0 Å². The number of fused-ring (bicyclic) bond motifs is 8. The van der Waals surface area contributed by atoms with Gasteiger partial charge in [0.05, 0.1) is 49.2 Å². The highest BCUT2D eigenvalue weighted by Gasteiger charge is 2.48. The van der Waals surface area contributed by atoms with Crippen LogP contribution >= 0.6 is 0 Å². The van der Waals surface area contributed by atoms with E-state index >= 15 is 0 Å². The van der Waals surface area contributed by atoms with E-state index in [1.807, 2.05) is 36.4 Å². The van der Waals surface area contributed by atoms with Crippen molar-refractivity contribution in [2.45, 2.75) is 136 Å². The summed E-state index contributed by atoms with van der Waals surface area (Å²) in [5, 5.41) is 167. The Labute approximate surface area is 545 Å². The molecule has 28 heteroatoms. The van der Waals surface area contributed by atoms with Gasteiger partial charge in [0, 0.05) is 44.7 Å². The molecule has 0 spiro atoms. The zero-order valence-electron chi connectivity index (χ0n) is 50.8.